The minimum atomic E-state index is -0.0504. The van der Waals surface area contributed by atoms with Gasteiger partial charge in [0.05, 0.1) is 0 Å². The summed E-state index contributed by atoms with van der Waals surface area (Å²) in [5.74, 6) is -0.0504. The fraction of sp³-hybridized carbons (Fsp3) is 0.250. The van der Waals surface area contributed by atoms with Crippen molar-refractivity contribution in [1.29, 1.82) is 0 Å². The van der Waals surface area contributed by atoms with Crippen molar-refractivity contribution in [3.05, 3.63) is 64.4 Å². The maximum absolute atomic E-state index is 12.2. The lowest BCUT2D eigenvalue weighted by atomic mass is 10.1. The summed E-state index contributed by atoms with van der Waals surface area (Å²) in [5, 5.41) is 0. The second-order valence-electron chi connectivity index (χ2n) is 4.65. The molecule has 0 aliphatic rings. The number of pyridine rings is 1. The standard InChI is InChI=1S/C16H17BrN2O/c1-19(12-6-9-13-7-3-2-4-8-13)16(20)15-14(17)10-5-11-18-15/h2-5,7-8,10-11H,6,9,12H2,1H3. The fourth-order valence-corrected chi connectivity index (χ4v) is 2.42. The normalized spacial score (nSPS) is 10.3. The van der Waals surface area contributed by atoms with E-state index in [4.69, 9.17) is 0 Å². The van der Waals surface area contributed by atoms with Crippen LogP contribution >= 0.6 is 15.9 Å². The summed E-state index contributed by atoms with van der Waals surface area (Å²) in [7, 11) is 1.81. The molecule has 2 aromatic rings. The molecule has 0 bridgehead atoms. The number of halogens is 1. The quantitative estimate of drug-likeness (QED) is 0.838. The zero-order chi connectivity index (χ0) is 14.4. The molecule has 0 saturated heterocycles. The third-order valence-electron chi connectivity index (χ3n) is 3.11. The minimum absolute atomic E-state index is 0.0504. The average Bonchev–Trinajstić information content (AvgIpc) is 2.48. The third-order valence-corrected chi connectivity index (χ3v) is 3.75. The molecule has 1 heterocycles. The molecule has 0 saturated carbocycles. The number of aromatic nitrogens is 1. The molecule has 0 atom stereocenters. The van der Waals surface area contributed by atoms with Gasteiger partial charge in [-0.1, -0.05) is 30.3 Å². The molecule has 104 valence electrons. The van der Waals surface area contributed by atoms with Gasteiger partial charge in [-0.25, -0.2) is 4.98 Å². The lowest BCUT2D eigenvalue weighted by molar-refractivity contribution is 0.0787. The Bertz CT molecular complexity index is 572. The Kier molecular flexibility index (Phi) is 5.30. The number of aryl methyl sites for hydroxylation is 1. The maximum atomic E-state index is 12.2. The van der Waals surface area contributed by atoms with Crippen molar-refractivity contribution in [2.45, 2.75) is 12.8 Å². The molecule has 1 aromatic heterocycles. The monoisotopic (exact) mass is 332 g/mol. The summed E-state index contributed by atoms with van der Waals surface area (Å²) < 4.78 is 0.736. The van der Waals surface area contributed by atoms with Crippen LogP contribution in [0.25, 0.3) is 0 Å². The van der Waals surface area contributed by atoms with E-state index >= 15 is 0 Å². The smallest absolute Gasteiger partial charge is 0.273 e. The number of carbonyl (C=O) groups is 1. The molecule has 20 heavy (non-hydrogen) atoms. The van der Waals surface area contributed by atoms with E-state index in [9.17, 15) is 4.79 Å². The van der Waals surface area contributed by atoms with Crippen LogP contribution in [-0.4, -0.2) is 29.4 Å². The van der Waals surface area contributed by atoms with Crippen LogP contribution in [0.15, 0.2) is 53.1 Å². The van der Waals surface area contributed by atoms with Crippen LogP contribution in [0.1, 0.15) is 22.5 Å². The lowest BCUT2D eigenvalue weighted by Crippen LogP contribution is -2.29. The van der Waals surface area contributed by atoms with Gasteiger partial charge in [0.2, 0.25) is 0 Å². The van der Waals surface area contributed by atoms with Gasteiger partial charge < -0.3 is 4.90 Å². The van der Waals surface area contributed by atoms with Gasteiger partial charge in [0.1, 0.15) is 5.69 Å². The van der Waals surface area contributed by atoms with Gasteiger partial charge in [0.15, 0.2) is 0 Å². The van der Waals surface area contributed by atoms with Crippen molar-refractivity contribution in [3.8, 4) is 0 Å². The van der Waals surface area contributed by atoms with E-state index in [1.54, 1.807) is 17.2 Å². The molecule has 1 aromatic carbocycles. The second-order valence-corrected chi connectivity index (χ2v) is 5.50. The molecule has 1 amide bonds. The van der Waals surface area contributed by atoms with Crippen molar-refractivity contribution in [2.75, 3.05) is 13.6 Å². The first kappa shape index (κ1) is 14.7. The summed E-state index contributed by atoms with van der Waals surface area (Å²) in [4.78, 5) is 18.1. The molecule has 0 spiro atoms. The molecule has 0 unspecified atom stereocenters. The number of hydrogen-bond donors (Lipinski definition) is 0. The molecule has 0 aliphatic heterocycles. The van der Waals surface area contributed by atoms with Crippen LogP contribution in [0, 0.1) is 0 Å². The number of rotatable bonds is 5. The highest BCUT2D eigenvalue weighted by atomic mass is 79.9. The summed E-state index contributed by atoms with van der Waals surface area (Å²) >= 11 is 3.36. The van der Waals surface area contributed by atoms with E-state index in [-0.39, 0.29) is 5.91 Å². The summed E-state index contributed by atoms with van der Waals surface area (Å²) in [6, 6.07) is 13.9. The maximum Gasteiger partial charge on any atom is 0.273 e. The van der Waals surface area contributed by atoms with Crippen LogP contribution in [0.2, 0.25) is 0 Å². The number of hydrogen-bond acceptors (Lipinski definition) is 2. The van der Waals surface area contributed by atoms with Crippen molar-refractivity contribution >= 4 is 21.8 Å². The Hall–Kier alpha value is -1.68. The summed E-state index contributed by atoms with van der Waals surface area (Å²) in [5.41, 5.74) is 1.77. The molecule has 0 aliphatic carbocycles. The number of amides is 1. The van der Waals surface area contributed by atoms with Crippen LogP contribution in [0.4, 0.5) is 0 Å². The first-order valence-corrected chi connectivity index (χ1v) is 7.37. The predicted octanol–water partition coefficient (Wildman–Crippen LogP) is 3.55. The molecule has 0 radical (unpaired) electrons. The molecule has 4 heteroatoms. The van der Waals surface area contributed by atoms with Gasteiger partial charge >= 0.3 is 0 Å². The van der Waals surface area contributed by atoms with Gasteiger partial charge in [-0.2, -0.15) is 0 Å². The minimum Gasteiger partial charge on any atom is -0.340 e. The number of carbonyl (C=O) groups excluding carboxylic acids is 1. The van der Waals surface area contributed by atoms with Crippen LogP contribution < -0.4 is 0 Å². The summed E-state index contributed by atoms with van der Waals surface area (Å²) in [6.45, 7) is 0.719. The molecule has 3 nitrogen and oxygen atoms in total. The Labute approximate surface area is 127 Å². The first-order valence-electron chi connectivity index (χ1n) is 6.58. The molecule has 2 rings (SSSR count). The van der Waals surface area contributed by atoms with Crippen molar-refractivity contribution in [3.63, 3.8) is 0 Å². The lowest BCUT2D eigenvalue weighted by Gasteiger charge is -2.17. The highest BCUT2D eigenvalue weighted by Gasteiger charge is 2.15. The molecule has 0 fully saturated rings. The fourth-order valence-electron chi connectivity index (χ4n) is 1.99. The van der Waals surface area contributed by atoms with E-state index in [2.05, 4.69) is 33.0 Å². The van der Waals surface area contributed by atoms with Gasteiger partial charge in [-0.05, 0) is 46.5 Å². The highest BCUT2D eigenvalue weighted by molar-refractivity contribution is 9.10. The summed E-state index contributed by atoms with van der Waals surface area (Å²) in [6.07, 6.45) is 3.55. The Balaban J connectivity index is 1.87. The van der Waals surface area contributed by atoms with E-state index in [1.165, 1.54) is 5.56 Å². The third kappa shape index (κ3) is 3.90. The van der Waals surface area contributed by atoms with Crippen LogP contribution in [0.3, 0.4) is 0 Å². The number of benzene rings is 1. The SMILES string of the molecule is CN(CCCc1ccccc1)C(=O)c1ncccc1Br. The zero-order valence-corrected chi connectivity index (χ0v) is 13.0. The Morgan fingerprint density at radius 3 is 2.65 bits per heavy atom. The average molecular weight is 333 g/mol. The topological polar surface area (TPSA) is 33.2 Å². The Morgan fingerprint density at radius 2 is 1.95 bits per heavy atom. The van der Waals surface area contributed by atoms with Gasteiger partial charge in [-0.3, -0.25) is 4.79 Å². The van der Waals surface area contributed by atoms with E-state index in [1.807, 2.05) is 31.3 Å². The van der Waals surface area contributed by atoms with E-state index in [0.717, 1.165) is 23.9 Å². The van der Waals surface area contributed by atoms with E-state index < -0.39 is 0 Å². The second kappa shape index (κ2) is 7.20. The van der Waals surface area contributed by atoms with Crippen LogP contribution in [-0.2, 0) is 6.42 Å². The molecular formula is C16H17BrN2O. The van der Waals surface area contributed by atoms with Gasteiger partial charge in [-0.15, -0.1) is 0 Å². The number of nitrogens with zero attached hydrogens (tertiary/aromatic N) is 2. The van der Waals surface area contributed by atoms with Gasteiger partial charge in [0.25, 0.3) is 5.91 Å². The van der Waals surface area contributed by atoms with Crippen molar-refractivity contribution in [1.82, 2.24) is 9.88 Å². The predicted molar refractivity (Wildman–Crippen MR) is 83.7 cm³/mol. The van der Waals surface area contributed by atoms with Crippen LogP contribution in [0.5, 0.6) is 0 Å². The van der Waals surface area contributed by atoms with E-state index in [0.29, 0.717) is 5.69 Å². The first-order chi connectivity index (χ1) is 9.68. The zero-order valence-electron chi connectivity index (χ0n) is 11.4. The van der Waals surface area contributed by atoms with Crippen molar-refractivity contribution < 1.29 is 4.79 Å². The highest BCUT2D eigenvalue weighted by Crippen LogP contribution is 2.15. The molecule has 0 N–H and O–H groups in total. The van der Waals surface area contributed by atoms with Crippen molar-refractivity contribution in [2.24, 2.45) is 0 Å². The largest absolute Gasteiger partial charge is 0.340 e. The molecular weight excluding hydrogens is 316 g/mol. The van der Waals surface area contributed by atoms with Gasteiger partial charge in [0, 0.05) is 24.3 Å². The Morgan fingerprint density at radius 1 is 1.20 bits per heavy atom.